The summed E-state index contributed by atoms with van der Waals surface area (Å²) in [5.74, 6) is 0.0587. The first kappa shape index (κ1) is 19.4. The fourth-order valence-electron chi connectivity index (χ4n) is 3.03. The molecule has 0 bridgehead atoms. The zero-order valence-corrected chi connectivity index (χ0v) is 15.8. The lowest BCUT2D eigenvalue weighted by atomic mass is 10.2. The smallest absolute Gasteiger partial charge is 0.282 e. The highest BCUT2D eigenvalue weighted by Crippen LogP contribution is 2.28. The van der Waals surface area contributed by atoms with Crippen molar-refractivity contribution in [1.29, 1.82) is 0 Å². The highest BCUT2D eigenvalue weighted by Gasteiger charge is 2.28. The number of carbonyl (C=O) groups excluding carboxylic acids is 3. The molecule has 0 radical (unpaired) electrons. The zero-order chi connectivity index (χ0) is 20.1. The minimum absolute atomic E-state index is 0.0266. The normalized spacial score (nSPS) is 13.9. The van der Waals surface area contributed by atoms with Gasteiger partial charge in [0.1, 0.15) is 12.3 Å². The number of quaternary nitrogens is 1. The summed E-state index contributed by atoms with van der Waals surface area (Å²) < 4.78 is 5.09. The second kappa shape index (κ2) is 8.53. The number of para-hydroxylation sites is 2. The Labute approximate surface area is 163 Å². The molecule has 0 spiro atoms. The van der Waals surface area contributed by atoms with Crippen LogP contribution in [0, 0.1) is 0 Å². The van der Waals surface area contributed by atoms with Gasteiger partial charge in [-0.25, -0.2) is 0 Å². The second-order valence-electron chi connectivity index (χ2n) is 6.63. The largest absolute Gasteiger partial charge is 0.497 e. The maximum atomic E-state index is 12.7. The van der Waals surface area contributed by atoms with E-state index in [-0.39, 0.29) is 37.4 Å². The molecule has 28 heavy (non-hydrogen) atoms. The molecule has 1 unspecified atom stereocenters. The van der Waals surface area contributed by atoms with Gasteiger partial charge in [0.05, 0.1) is 25.5 Å². The summed E-state index contributed by atoms with van der Waals surface area (Å²) in [5.41, 5.74) is 1.94. The molecule has 1 atom stereocenters. The van der Waals surface area contributed by atoms with Gasteiger partial charge < -0.3 is 20.3 Å². The number of anilines is 3. The molecule has 3 amide bonds. The number of amides is 3. The van der Waals surface area contributed by atoms with E-state index in [0.717, 1.165) is 4.90 Å². The number of rotatable bonds is 6. The SMILES string of the molecule is COc1ccc(NC(=O)C[NH+](C)CC(=O)N2CC(=O)Nc3ccccc32)cc1. The van der Waals surface area contributed by atoms with Crippen molar-refractivity contribution < 1.29 is 24.0 Å². The highest BCUT2D eigenvalue weighted by molar-refractivity contribution is 6.10. The molecule has 0 saturated carbocycles. The molecule has 0 fully saturated rings. The van der Waals surface area contributed by atoms with Gasteiger partial charge in [-0.1, -0.05) is 12.1 Å². The van der Waals surface area contributed by atoms with Crippen LogP contribution in [0.3, 0.4) is 0 Å². The molecule has 1 aliphatic rings. The maximum absolute atomic E-state index is 12.7. The number of hydrogen-bond acceptors (Lipinski definition) is 4. The van der Waals surface area contributed by atoms with Gasteiger partial charge in [0.25, 0.3) is 11.8 Å². The van der Waals surface area contributed by atoms with E-state index < -0.39 is 0 Å². The zero-order valence-electron chi connectivity index (χ0n) is 15.8. The number of carbonyl (C=O) groups is 3. The van der Waals surface area contributed by atoms with Crippen LogP contribution >= 0.6 is 0 Å². The summed E-state index contributed by atoms with van der Waals surface area (Å²) in [7, 11) is 3.34. The summed E-state index contributed by atoms with van der Waals surface area (Å²) in [6.07, 6.45) is 0. The molecule has 2 aromatic carbocycles. The Bertz CT molecular complexity index is 882. The third-order valence-corrected chi connectivity index (χ3v) is 4.36. The monoisotopic (exact) mass is 383 g/mol. The fourth-order valence-corrected chi connectivity index (χ4v) is 3.03. The van der Waals surface area contributed by atoms with E-state index in [1.54, 1.807) is 56.6 Å². The van der Waals surface area contributed by atoms with Gasteiger partial charge in [0, 0.05) is 5.69 Å². The standard InChI is InChI=1S/C20H22N4O4/c1-23(11-18(25)21-14-7-9-15(28-2)10-8-14)13-20(27)24-12-19(26)22-16-5-3-4-6-17(16)24/h3-10H,11-13H2,1-2H3,(H,21,25)(H,22,26)/p+1. The first-order valence-corrected chi connectivity index (χ1v) is 8.90. The van der Waals surface area contributed by atoms with Crippen molar-refractivity contribution in [3.05, 3.63) is 48.5 Å². The number of benzene rings is 2. The number of fused-ring (bicyclic) bond motifs is 1. The van der Waals surface area contributed by atoms with Gasteiger partial charge >= 0.3 is 0 Å². The van der Waals surface area contributed by atoms with Crippen LogP contribution in [0.25, 0.3) is 0 Å². The van der Waals surface area contributed by atoms with E-state index in [1.165, 1.54) is 4.90 Å². The van der Waals surface area contributed by atoms with Crippen LogP contribution in [-0.4, -0.2) is 51.5 Å². The maximum Gasteiger partial charge on any atom is 0.282 e. The van der Waals surface area contributed by atoms with Gasteiger partial charge in [0.2, 0.25) is 5.91 Å². The van der Waals surface area contributed by atoms with Gasteiger partial charge in [-0.05, 0) is 36.4 Å². The Morgan fingerprint density at radius 2 is 1.86 bits per heavy atom. The van der Waals surface area contributed by atoms with Crippen molar-refractivity contribution in [2.45, 2.75) is 0 Å². The Kier molecular flexibility index (Phi) is 5.90. The van der Waals surface area contributed by atoms with E-state index in [4.69, 9.17) is 4.74 Å². The Balaban J connectivity index is 1.57. The quantitative estimate of drug-likeness (QED) is 0.661. The van der Waals surface area contributed by atoms with Crippen LogP contribution in [0.5, 0.6) is 5.75 Å². The van der Waals surface area contributed by atoms with Crippen molar-refractivity contribution in [3.63, 3.8) is 0 Å². The van der Waals surface area contributed by atoms with E-state index in [1.807, 2.05) is 6.07 Å². The van der Waals surface area contributed by atoms with Crippen LogP contribution in [0.4, 0.5) is 17.1 Å². The molecular weight excluding hydrogens is 360 g/mol. The molecule has 0 aliphatic carbocycles. The number of hydrogen-bond donors (Lipinski definition) is 3. The predicted molar refractivity (Wildman–Crippen MR) is 106 cm³/mol. The van der Waals surface area contributed by atoms with Gasteiger partial charge in [-0.15, -0.1) is 0 Å². The number of nitrogens with one attached hydrogen (secondary N) is 3. The van der Waals surface area contributed by atoms with E-state index in [9.17, 15) is 14.4 Å². The van der Waals surface area contributed by atoms with Crippen LogP contribution in [0.15, 0.2) is 48.5 Å². The third kappa shape index (κ3) is 4.66. The summed E-state index contributed by atoms with van der Waals surface area (Å²) in [6.45, 7) is 0.193. The van der Waals surface area contributed by atoms with Crippen molar-refractivity contribution >= 4 is 34.8 Å². The lowest BCUT2D eigenvalue weighted by Gasteiger charge is -2.29. The summed E-state index contributed by atoms with van der Waals surface area (Å²) in [4.78, 5) is 39.0. The van der Waals surface area contributed by atoms with Crippen LogP contribution < -0.4 is 25.2 Å². The second-order valence-corrected chi connectivity index (χ2v) is 6.63. The molecule has 3 rings (SSSR count). The Morgan fingerprint density at radius 1 is 1.14 bits per heavy atom. The summed E-state index contributed by atoms with van der Waals surface area (Å²) in [5, 5.41) is 5.55. The lowest BCUT2D eigenvalue weighted by Crippen LogP contribution is -3.11. The van der Waals surface area contributed by atoms with Crippen molar-refractivity contribution in [2.75, 3.05) is 49.3 Å². The summed E-state index contributed by atoms with van der Waals surface area (Å²) >= 11 is 0. The van der Waals surface area contributed by atoms with Crippen molar-refractivity contribution in [1.82, 2.24) is 0 Å². The predicted octanol–water partition coefficient (Wildman–Crippen LogP) is 0.134. The van der Waals surface area contributed by atoms with E-state index >= 15 is 0 Å². The van der Waals surface area contributed by atoms with E-state index in [0.29, 0.717) is 22.8 Å². The average Bonchev–Trinajstić information content (AvgIpc) is 2.67. The van der Waals surface area contributed by atoms with Crippen LogP contribution in [0.1, 0.15) is 0 Å². The number of likely N-dealkylation sites (N-methyl/N-ethyl adjacent to an activating group) is 1. The molecule has 8 heteroatoms. The van der Waals surface area contributed by atoms with Gasteiger partial charge in [0.15, 0.2) is 13.1 Å². The number of nitrogens with zero attached hydrogens (tertiary/aromatic N) is 1. The molecule has 3 N–H and O–H groups in total. The molecule has 8 nitrogen and oxygen atoms in total. The Morgan fingerprint density at radius 3 is 2.57 bits per heavy atom. The first-order valence-electron chi connectivity index (χ1n) is 8.90. The third-order valence-electron chi connectivity index (χ3n) is 4.36. The first-order chi connectivity index (χ1) is 13.5. The number of ether oxygens (including phenoxy) is 1. The fraction of sp³-hybridized carbons (Fsp3) is 0.250. The van der Waals surface area contributed by atoms with Crippen molar-refractivity contribution in [3.8, 4) is 5.75 Å². The topological polar surface area (TPSA) is 92.2 Å². The molecular formula is C20H23N4O4+. The summed E-state index contributed by atoms with van der Waals surface area (Å²) in [6, 6.07) is 14.2. The average molecular weight is 383 g/mol. The molecule has 1 aliphatic heterocycles. The Hall–Kier alpha value is -3.39. The van der Waals surface area contributed by atoms with Crippen LogP contribution in [-0.2, 0) is 14.4 Å². The van der Waals surface area contributed by atoms with Gasteiger partial charge in [-0.3, -0.25) is 19.3 Å². The van der Waals surface area contributed by atoms with Crippen molar-refractivity contribution in [2.24, 2.45) is 0 Å². The molecule has 2 aromatic rings. The van der Waals surface area contributed by atoms with E-state index in [2.05, 4.69) is 10.6 Å². The van der Waals surface area contributed by atoms with Gasteiger partial charge in [-0.2, -0.15) is 0 Å². The molecule has 0 aromatic heterocycles. The minimum Gasteiger partial charge on any atom is -0.497 e. The highest BCUT2D eigenvalue weighted by atomic mass is 16.5. The van der Waals surface area contributed by atoms with Crippen LogP contribution in [0.2, 0.25) is 0 Å². The molecule has 0 saturated heterocycles. The minimum atomic E-state index is -0.234. The molecule has 1 heterocycles. The molecule has 146 valence electrons. The lowest BCUT2D eigenvalue weighted by molar-refractivity contribution is -0.862. The number of methoxy groups -OCH3 is 1.